The number of nitro groups is 1. The van der Waals surface area contributed by atoms with E-state index in [-0.39, 0.29) is 18.1 Å². The van der Waals surface area contributed by atoms with Gasteiger partial charge in [-0.1, -0.05) is 23.7 Å². The summed E-state index contributed by atoms with van der Waals surface area (Å²) in [7, 11) is 1.66. The van der Waals surface area contributed by atoms with Gasteiger partial charge in [-0.3, -0.25) is 19.9 Å². The lowest BCUT2D eigenvalue weighted by molar-refractivity contribution is -0.385. The van der Waals surface area contributed by atoms with E-state index in [9.17, 15) is 14.9 Å². The third kappa shape index (κ3) is 2.51. The first kappa shape index (κ1) is 15.6. The lowest BCUT2D eigenvalue weighted by atomic mass is 9.99. The summed E-state index contributed by atoms with van der Waals surface area (Å²) < 4.78 is 0.544. The van der Waals surface area contributed by atoms with Crippen LogP contribution in [0, 0.1) is 17.0 Å². The number of likely N-dealkylation sites (N-methyl/N-ethyl adjacent to an activating group) is 1. The van der Waals surface area contributed by atoms with Crippen LogP contribution in [0.15, 0.2) is 29.3 Å². The molecule has 0 spiro atoms. The fraction of sp³-hybridized carbons (Fsp3) is 0.200. The molecule has 1 aromatic heterocycles. The van der Waals surface area contributed by atoms with E-state index < -0.39 is 4.92 Å². The predicted octanol–water partition coefficient (Wildman–Crippen LogP) is 3.43. The number of thiophene rings is 1. The number of nitro benzene ring substituents is 1. The number of carbonyl (C=O) groups excluding carboxylic acids is 1. The summed E-state index contributed by atoms with van der Waals surface area (Å²) in [6.45, 7) is 1.77. The van der Waals surface area contributed by atoms with Gasteiger partial charge in [0.25, 0.3) is 5.69 Å². The highest BCUT2D eigenvalue weighted by Gasteiger charge is 2.30. The second-order valence-electron chi connectivity index (χ2n) is 5.07. The number of fused-ring (bicyclic) bond motifs is 1. The van der Waals surface area contributed by atoms with Gasteiger partial charge in [0.05, 0.1) is 20.5 Å². The maximum atomic E-state index is 12.1. The zero-order valence-electron chi connectivity index (χ0n) is 12.4. The molecule has 0 atom stereocenters. The van der Waals surface area contributed by atoms with Gasteiger partial charge in [0.15, 0.2) is 0 Å². The van der Waals surface area contributed by atoms with E-state index >= 15 is 0 Å². The minimum atomic E-state index is -0.447. The van der Waals surface area contributed by atoms with Crippen LogP contribution < -0.4 is 4.90 Å². The largest absolute Gasteiger partial charge is 0.305 e. The summed E-state index contributed by atoms with van der Waals surface area (Å²) in [5.41, 5.74) is 2.23. The number of rotatable bonds is 2. The molecule has 1 aliphatic rings. The fourth-order valence-electron chi connectivity index (χ4n) is 2.48. The first-order chi connectivity index (χ1) is 10.9. The van der Waals surface area contributed by atoms with Crippen LogP contribution in [0.3, 0.4) is 0 Å². The van der Waals surface area contributed by atoms with Gasteiger partial charge in [-0.2, -0.15) is 0 Å². The average molecular weight is 350 g/mol. The molecule has 0 saturated heterocycles. The summed E-state index contributed by atoms with van der Waals surface area (Å²) in [4.78, 5) is 28.9. The Balaban J connectivity index is 2.31. The van der Waals surface area contributed by atoms with Crippen molar-refractivity contribution in [2.24, 2.45) is 4.99 Å². The third-order valence-corrected chi connectivity index (χ3v) is 5.39. The molecular weight excluding hydrogens is 338 g/mol. The van der Waals surface area contributed by atoms with Crippen LogP contribution in [0.4, 0.5) is 10.7 Å². The average Bonchev–Trinajstić information content (AvgIpc) is 2.76. The van der Waals surface area contributed by atoms with Crippen LogP contribution >= 0.6 is 22.9 Å². The van der Waals surface area contributed by atoms with Crippen molar-refractivity contribution in [3.8, 4) is 0 Å². The van der Waals surface area contributed by atoms with Crippen LogP contribution in [0.5, 0.6) is 0 Å². The Labute approximate surface area is 141 Å². The van der Waals surface area contributed by atoms with Gasteiger partial charge in [0.2, 0.25) is 5.91 Å². The molecule has 2 heterocycles. The highest BCUT2D eigenvalue weighted by molar-refractivity contribution is 7.20. The molecule has 2 aromatic rings. The molecule has 23 heavy (non-hydrogen) atoms. The summed E-state index contributed by atoms with van der Waals surface area (Å²) >= 11 is 7.51. The summed E-state index contributed by atoms with van der Waals surface area (Å²) in [5.74, 6) is -0.183. The molecule has 1 aliphatic heterocycles. The van der Waals surface area contributed by atoms with Gasteiger partial charge in [0.1, 0.15) is 11.5 Å². The Morgan fingerprint density at radius 1 is 1.39 bits per heavy atom. The molecule has 0 saturated carbocycles. The monoisotopic (exact) mass is 349 g/mol. The van der Waals surface area contributed by atoms with Gasteiger partial charge in [-0.25, -0.2) is 0 Å². The number of benzene rings is 1. The number of anilines is 1. The molecule has 8 heteroatoms. The number of nitrogens with zero attached hydrogens (tertiary/aromatic N) is 3. The number of amides is 1. The van der Waals surface area contributed by atoms with E-state index in [1.165, 1.54) is 22.3 Å². The van der Waals surface area contributed by atoms with Crippen molar-refractivity contribution in [3.63, 3.8) is 0 Å². The van der Waals surface area contributed by atoms with Gasteiger partial charge in [-0.05, 0) is 18.6 Å². The normalized spacial score (nSPS) is 14.3. The zero-order chi connectivity index (χ0) is 16.7. The third-order valence-electron chi connectivity index (χ3n) is 3.71. The van der Waals surface area contributed by atoms with E-state index in [1.807, 2.05) is 6.92 Å². The lowest BCUT2D eigenvalue weighted by Gasteiger charge is -2.14. The molecule has 1 aromatic carbocycles. The number of para-hydroxylation sites is 1. The van der Waals surface area contributed by atoms with E-state index in [4.69, 9.17) is 11.6 Å². The Kier molecular flexibility index (Phi) is 3.91. The van der Waals surface area contributed by atoms with Gasteiger partial charge in [-0.15, -0.1) is 11.3 Å². The minimum Gasteiger partial charge on any atom is -0.305 e. The lowest BCUT2D eigenvalue weighted by Crippen LogP contribution is -2.26. The smallest absolute Gasteiger partial charge is 0.278 e. The first-order valence-electron chi connectivity index (χ1n) is 6.76. The standard InChI is InChI=1S/C15H12ClN3O3S/c1-8-12-13(9-5-3-4-6-10(9)19(21)22)17-7-11(20)18(2)15(12)23-14(8)16/h3-6H,7H2,1-2H3. The van der Waals surface area contributed by atoms with Crippen LogP contribution in [0.25, 0.3) is 0 Å². The summed E-state index contributed by atoms with van der Waals surface area (Å²) in [6, 6.07) is 6.38. The number of hydrogen-bond acceptors (Lipinski definition) is 5. The maximum Gasteiger partial charge on any atom is 0.278 e. The molecule has 0 aliphatic carbocycles. The molecular formula is C15H12ClN3O3S. The maximum absolute atomic E-state index is 12.1. The first-order valence-corrected chi connectivity index (χ1v) is 7.95. The summed E-state index contributed by atoms with van der Waals surface area (Å²) in [6.07, 6.45) is 0. The van der Waals surface area contributed by atoms with Crippen molar-refractivity contribution in [2.45, 2.75) is 6.92 Å². The van der Waals surface area contributed by atoms with Crippen LogP contribution in [0.1, 0.15) is 16.7 Å². The van der Waals surface area contributed by atoms with E-state index in [1.54, 1.807) is 25.2 Å². The Morgan fingerprint density at radius 3 is 2.78 bits per heavy atom. The molecule has 0 unspecified atom stereocenters. The van der Waals surface area contributed by atoms with Gasteiger partial charge < -0.3 is 4.90 Å². The Hall–Kier alpha value is -2.25. The molecule has 6 nitrogen and oxygen atoms in total. The van der Waals surface area contributed by atoms with Crippen molar-refractivity contribution in [2.75, 3.05) is 18.5 Å². The molecule has 0 radical (unpaired) electrons. The van der Waals surface area contributed by atoms with Gasteiger partial charge in [0, 0.05) is 18.7 Å². The van der Waals surface area contributed by atoms with Crippen LogP contribution in [-0.2, 0) is 4.79 Å². The van der Waals surface area contributed by atoms with Crippen LogP contribution in [-0.4, -0.2) is 30.1 Å². The number of halogens is 1. The molecule has 3 rings (SSSR count). The number of carbonyl (C=O) groups is 1. The Bertz CT molecular complexity index is 860. The fourth-order valence-corrected chi connectivity index (χ4v) is 3.81. The van der Waals surface area contributed by atoms with E-state index in [2.05, 4.69) is 4.99 Å². The van der Waals surface area contributed by atoms with Crippen LogP contribution in [0.2, 0.25) is 4.34 Å². The van der Waals surface area contributed by atoms with Crippen molar-refractivity contribution in [1.82, 2.24) is 0 Å². The molecule has 0 fully saturated rings. The van der Waals surface area contributed by atoms with Crippen molar-refractivity contribution in [3.05, 3.63) is 55.4 Å². The molecule has 1 amide bonds. The van der Waals surface area contributed by atoms with Crippen molar-refractivity contribution < 1.29 is 9.72 Å². The molecule has 118 valence electrons. The van der Waals surface area contributed by atoms with E-state index in [0.29, 0.717) is 26.2 Å². The second kappa shape index (κ2) is 5.75. The van der Waals surface area contributed by atoms with Gasteiger partial charge >= 0.3 is 0 Å². The zero-order valence-corrected chi connectivity index (χ0v) is 13.9. The van der Waals surface area contributed by atoms with Crippen molar-refractivity contribution >= 4 is 45.2 Å². The highest BCUT2D eigenvalue weighted by atomic mass is 35.5. The Morgan fingerprint density at radius 2 is 2.09 bits per heavy atom. The summed E-state index contributed by atoms with van der Waals surface area (Å²) in [5, 5.41) is 12.0. The van der Waals surface area contributed by atoms with E-state index in [0.717, 1.165) is 5.56 Å². The number of aliphatic imine (C=N–C) groups is 1. The predicted molar refractivity (Wildman–Crippen MR) is 91.1 cm³/mol. The minimum absolute atomic E-state index is 0.0454. The second-order valence-corrected chi connectivity index (χ2v) is 6.67. The SMILES string of the molecule is Cc1c(Cl)sc2c1C(c1ccccc1[N+](=O)[O-])=NCC(=O)N2C. The highest BCUT2D eigenvalue weighted by Crippen LogP contribution is 2.41. The number of hydrogen-bond donors (Lipinski definition) is 0. The molecule has 0 bridgehead atoms. The topological polar surface area (TPSA) is 75.8 Å². The van der Waals surface area contributed by atoms with Crippen molar-refractivity contribution in [1.29, 1.82) is 0 Å². The quantitative estimate of drug-likeness (QED) is 0.615. The molecule has 0 N–H and O–H groups in total.